The van der Waals surface area contributed by atoms with Crippen molar-refractivity contribution in [2.24, 2.45) is 0 Å². The summed E-state index contributed by atoms with van der Waals surface area (Å²) in [5, 5.41) is 22.1. The van der Waals surface area contributed by atoms with Gasteiger partial charge in [-0.25, -0.2) is 4.98 Å². The van der Waals surface area contributed by atoms with Crippen molar-refractivity contribution in [2.45, 2.75) is 43.5 Å². The van der Waals surface area contributed by atoms with Gasteiger partial charge in [-0.05, 0) is 19.3 Å². The summed E-state index contributed by atoms with van der Waals surface area (Å²) in [5.41, 5.74) is 0.0716. The van der Waals surface area contributed by atoms with Gasteiger partial charge in [-0.15, -0.1) is 11.3 Å². The number of hydrogen-bond donors (Lipinski definition) is 2. The quantitative estimate of drug-likeness (QED) is 0.820. The van der Waals surface area contributed by atoms with E-state index in [2.05, 4.69) is 4.98 Å². The van der Waals surface area contributed by atoms with Gasteiger partial charge in [0.2, 0.25) is 5.91 Å². The maximum atomic E-state index is 12.5. The van der Waals surface area contributed by atoms with Crippen LogP contribution in [0.5, 0.6) is 0 Å². The molecule has 2 atom stereocenters. The van der Waals surface area contributed by atoms with Gasteiger partial charge in [0.15, 0.2) is 4.96 Å². The number of rotatable bonds is 2. The Balaban J connectivity index is 1.38. The number of aromatic nitrogens is 2. The van der Waals surface area contributed by atoms with Crippen molar-refractivity contribution >= 4 is 22.2 Å². The molecule has 0 saturated carbocycles. The average Bonchev–Trinajstić information content (AvgIpc) is 3.14. The van der Waals surface area contributed by atoms with E-state index in [4.69, 9.17) is 4.74 Å². The first kappa shape index (κ1) is 16.0. The molecule has 0 unspecified atom stereocenters. The number of amides is 1. The standard InChI is InChI=1S/C16H21N3O4S/c20-12-1-7-23-16(14(12)22)2-4-18(5-3-16)13(21)9-11-10-19-6-8-24-15(19)17-11/h6,8,10,12,14,20,22H,1-5,7,9H2/t12-,14-/m0/s1. The summed E-state index contributed by atoms with van der Waals surface area (Å²) in [5.74, 6) is 0.0430. The Labute approximate surface area is 143 Å². The molecule has 0 radical (unpaired) electrons. The van der Waals surface area contributed by atoms with Gasteiger partial charge in [0, 0.05) is 30.9 Å². The van der Waals surface area contributed by atoms with Crippen LogP contribution in [0.25, 0.3) is 4.96 Å². The number of nitrogens with zero attached hydrogens (tertiary/aromatic N) is 3. The molecule has 8 heteroatoms. The zero-order chi connectivity index (χ0) is 16.7. The maximum Gasteiger partial charge on any atom is 0.228 e. The van der Waals surface area contributed by atoms with Crippen LogP contribution in [0.15, 0.2) is 17.8 Å². The summed E-state index contributed by atoms with van der Waals surface area (Å²) >= 11 is 1.54. The number of imidazole rings is 1. The van der Waals surface area contributed by atoms with Gasteiger partial charge in [-0.3, -0.25) is 9.20 Å². The molecule has 2 fully saturated rings. The lowest BCUT2D eigenvalue weighted by Crippen LogP contribution is -2.60. The molecular formula is C16H21N3O4S. The molecule has 2 saturated heterocycles. The molecule has 2 aromatic heterocycles. The molecule has 2 aromatic rings. The Hall–Kier alpha value is -1.48. The number of hydrogen-bond acceptors (Lipinski definition) is 6. The zero-order valence-corrected chi connectivity index (χ0v) is 14.1. The third-order valence-corrected chi connectivity index (χ3v) is 5.92. The van der Waals surface area contributed by atoms with Gasteiger partial charge in [0.25, 0.3) is 0 Å². The Morgan fingerprint density at radius 2 is 2.21 bits per heavy atom. The summed E-state index contributed by atoms with van der Waals surface area (Å²) < 4.78 is 7.73. The second-order valence-corrected chi connectivity index (χ2v) is 7.47. The van der Waals surface area contributed by atoms with Gasteiger partial charge in [0.05, 0.1) is 30.4 Å². The number of fused-ring (bicyclic) bond motifs is 1. The first-order valence-corrected chi connectivity index (χ1v) is 9.14. The Morgan fingerprint density at radius 1 is 1.42 bits per heavy atom. The highest BCUT2D eigenvalue weighted by Gasteiger charge is 2.48. The van der Waals surface area contributed by atoms with Crippen LogP contribution in [0.4, 0.5) is 0 Å². The van der Waals surface area contributed by atoms with Gasteiger partial charge < -0.3 is 19.8 Å². The minimum absolute atomic E-state index is 0.0430. The van der Waals surface area contributed by atoms with Gasteiger partial charge >= 0.3 is 0 Å². The van der Waals surface area contributed by atoms with Crippen molar-refractivity contribution in [2.75, 3.05) is 19.7 Å². The van der Waals surface area contributed by atoms with Crippen LogP contribution < -0.4 is 0 Å². The highest BCUT2D eigenvalue weighted by atomic mass is 32.1. The fraction of sp³-hybridized carbons (Fsp3) is 0.625. The third kappa shape index (κ3) is 2.73. The second-order valence-electron chi connectivity index (χ2n) is 6.60. The number of aliphatic hydroxyl groups excluding tert-OH is 2. The van der Waals surface area contributed by atoms with E-state index in [0.29, 0.717) is 39.0 Å². The van der Waals surface area contributed by atoms with Gasteiger partial charge in [-0.2, -0.15) is 0 Å². The molecule has 2 aliphatic heterocycles. The van der Waals surface area contributed by atoms with Gasteiger partial charge in [0.1, 0.15) is 6.10 Å². The summed E-state index contributed by atoms with van der Waals surface area (Å²) in [4.78, 5) is 19.7. The molecule has 0 bridgehead atoms. The summed E-state index contributed by atoms with van der Waals surface area (Å²) in [6, 6.07) is 0. The number of piperidine rings is 1. The van der Waals surface area contributed by atoms with E-state index in [1.807, 2.05) is 22.2 Å². The molecule has 4 rings (SSSR count). The monoisotopic (exact) mass is 351 g/mol. The fourth-order valence-corrected chi connectivity index (χ4v) is 4.40. The minimum Gasteiger partial charge on any atom is -0.390 e. The largest absolute Gasteiger partial charge is 0.390 e. The van der Waals surface area contributed by atoms with Crippen LogP contribution in [-0.4, -0.2) is 67.9 Å². The van der Waals surface area contributed by atoms with E-state index in [9.17, 15) is 15.0 Å². The van der Waals surface area contributed by atoms with Crippen LogP contribution in [0, 0.1) is 0 Å². The van der Waals surface area contributed by atoms with E-state index in [1.54, 1.807) is 16.2 Å². The molecule has 2 N–H and O–H groups in total. The average molecular weight is 351 g/mol. The van der Waals surface area contributed by atoms with E-state index in [-0.39, 0.29) is 12.3 Å². The first-order chi connectivity index (χ1) is 11.6. The molecule has 4 heterocycles. The first-order valence-electron chi connectivity index (χ1n) is 8.26. The maximum absolute atomic E-state index is 12.5. The molecule has 0 aromatic carbocycles. The number of ether oxygens (including phenoxy) is 1. The molecule has 7 nitrogen and oxygen atoms in total. The van der Waals surface area contributed by atoms with Gasteiger partial charge in [-0.1, -0.05) is 0 Å². The van der Waals surface area contributed by atoms with Crippen LogP contribution in [0.1, 0.15) is 25.0 Å². The molecular weight excluding hydrogens is 330 g/mol. The number of carbonyl (C=O) groups is 1. The topological polar surface area (TPSA) is 87.3 Å². The normalized spacial score (nSPS) is 27.0. The fourth-order valence-electron chi connectivity index (χ4n) is 3.68. The summed E-state index contributed by atoms with van der Waals surface area (Å²) in [7, 11) is 0. The number of likely N-dealkylation sites (tertiary alicyclic amines) is 1. The summed E-state index contributed by atoms with van der Waals surface area (Å²) in [6.45, 7) is 1.52. The van der Waals surface area contributed by atoms with Crippen LogP contribution in [-0.2, 0) is 16.0 Å². The third-order valence-electron chi connectivity index (χ3n) is 5.14. The molecule has 130 valence electrons. The Bertz CT molecular complexity index is 706. The lowest BCUT2D eigenvalue weighted by molar-refractivity contribution is -0.214. The SMILES string of the molecule is O=C(Cc1cn2ccsc2n1)N1CCC2(CC1)OCC[C@H](O)[C@@H]2O. The van der Waals surface area contributed by atoms with E-state index in [1.165, 1.54) is 0 Å². The number of thiazole rings is 1. The highest BCUT2D eigenvalue weighted by molar-refractivity contribution is 7.15. The van der Waals surface area contributed by atoms with E-state index in [0.717, 1.165) is 10.7 Å². The molecule has 1 amide bonds. The minimum atomic E-state index is -0.872. The predicted molar refractivity (Wildman–Crippen MR) is 87.9 cm³/mol. The number of aliphatic hydroxyl groups is 2. The lowest BCUT2D eigenvalue weighted by Gasteiger charge is -2.48. The smallest absolute Gasteiger partial charge is 0.228 e. The predicted octanol–water partition coefficient (Wildman–Crippen LogP) is 0.442. The van der Waals surface area contributed by atoms with Crippen molar-refractivity contribution in [3.63, 3.8) is 0 Å². The Morgan fingerprint density at radius 3 is 2.96 bits per heavy atom. The summed E-state index contributed by atoms with van der Waals surface area (Å²) in [6.07, 6.45) is 4.06. The number of carbonyl (C=O) groups excluding carboxylic acids is 1. The van der Waals surface area contributed by atoms with Crippen molar-refractivity contribution < 1.29 is 19.7 Å². The van der Waals surface area contributed by atoms with Crippen molar-refractivity contribution in [1.29, 1.82) is 0 Å². The van der Waals surface area contributed by atoms with Crippen molar-refractivity contribution in [1.82, 2.24) is 14.3 Å². The highest BCUT2D eigenvalue weighted by Crippen LogP contribution is 2.35. The van der Waals surface area contributed by atoms with E-state index < -0.39 is 17.8 Å². The molecule has 2 aliphatic rings. The second kappa shape index (κ2) is 6.11. The Kier molecular flexibility index (Phi) is 4.07. The zero-order valence-electron chi connectivity index (χ0n) is 13.3. The molecule has 0 aliphatic carbocycles. The van der Waals surface area contributed by atoms with Crippen molar-refractivity contribution in [3.8, 4) is 0 Å². The molecule has 24 heavy (non-hydrogen) atoms. The molecule has 1 spiro atoms. The van der Waals surface area contributed by atoms with E-state index >= 15 is 0 Å². The lowest BCUT2D eigenvalue weighted by atomic mass is 9.80. The van der Waals surface area contributed by atoms with Crippen LogP contribution >= 0.6 is 11.3 Å². The van der Waals surface area contributed by atoms with Crippen LogP contribution in [0.2, 0.25) is 0 Å². The van der Waals surface area contributed by atoms with Crippen LogP contribution in [0.3, 0.4) is 0 Å². The van der Waals surface area contributed by atoms with Crippen molar-refractivity contribution in [3.05, 3.63) is 23.5 Å².